The van der Waals surface area contributed by atoms with E-state index in [9.17, 15) is 5.11 Å². The molecule has 2 aliphatic rings. The second-order valence-corrected chi connectivity index (χ2v) is 6.45. The van der Waals surface area contributed by atoms with Crippen molar-refractivity contribution in [1.29, 1.82) is 0 Å². The monoisotopic (exact) mass is 244 g/mol. The maximum absolute atomic E-state index is 9.89. The molecule has 1 saturated heterocycles. The highest BCUT2D eigenvalue weighted by molar-refractivity contribution is 8.00. The summed E-state index contributed by atoms with van der Waals surface area (Å²) in [5.41, 5.74) is 0. The van der Waals surface area contributed by atoms with E-state index in [1.165, 1.54) is 38.8 Å². The fraction of sp³-hybridized carbons (Fsp3) is 1.00. The van der Waals surface area contributed by atoms with Gasteiger partial charge in [-0.2, -0.15) is 11.8 Å². The van der Waals surface area contributed by atoms with E-state index in [2.05, 4.69) is 16.5 Å². The van der Waals surface area contributed by atoms with Gasteiger partial charge < -0.3 is 15.3 Å². The zero-order valence-corrected chi connectivity index (χ0v) is 11.1. The smallest absolute Gasteiger partial charge is 0.0791 e. The number of nitrogens with one attached hydrogen (secondary N) is 1. The second kappa shape index (κ2) is 5.71. The van der Waals surface area contributed by atoms with Crippen LogP contribution in [-0.4, -0.2) is 59.8 Å². The van der Waals surface area contributed by atoms with Crippen LogP contribution in [0.3, 0.4) is 0 Å². The van der Waals surface area contributed by atoms with Gasteiger partial charge in [-0.25, -0.2) is 0 Å². The van der Waals surface area contributed by atoms with E-state index in [4.69, 9.17) is 0 Å². The molecule has 1 atom stereocenters. The Morgan fingerprint density at radius 3 is 2.62 bits per heavy atom. The molecule has 0 bridgehead atoms. The van der Waals surface area contributed by atoms with Crippen molar-refractivity contribution in [2.45, 2.75) is 36.5 Å². The largest absolute Gasteiger partial charge is 0.390 e. The van der Waals surface area contributed by atoms with Crippen LogP contribution in [0.15, 0.2) is 0 Å². The molecular weight excluding hydrogens is 220 g/mol. The zero-order chi connectivity index (χ0) is 11.4. The molecular formula is C12H24N2OS. The summed E-state index contributed by atoms with van der Waals surface area (Å²) >= 11 is 1.97. The number of nitrogens with zero attached hydrogens (tertiary/aromatic N) is 1. The molecule has 1 saturated carbocycles. The molecule has 0 aromatic carbocycles. The topological polar surface area (TPSA) is 35.5 Å². The molecule has 0 aromatic heterocycles. The van der Waals surface area contributed by atoms with Crippen LogP contribution in [0.5, 0.6) is 0 Å². The molecule has 1 unspecified atom stereocenters. The average Bonchev–Trinajstić information content (AvgIpc) is 2.87. The molecule has 2 fully saturated rings. The van der Waals surface area contributed by atoms with E-state index in [1.54, 1.807) is 0 Å². The van der Waals surface area contributed by atoms with Gasteiger partial charge in [0.2, 0.25) is 0 Å². The summed E-state index contributed by atoms with van der Waals surface area (Å²) in [7, 11) is 0. The van der Waals surface area contributed by atoms with E-state index in [1.807, 2.05) is 11.8 Å². The SMILES string of the molecule is CSC1(CNCC(O)CN2CCCC2)CC1. The predicted octanol–water partition coefficient (Wildman–Crippen LogP) is 0.928. The van der Waals surface area contributed by atoms with Gasteiger partial charge in [0.25, 0.3) is 0 Å². The lowest BCUT2D eigenvalue weighted by Gasteiger charge is -2.20. The van der Waals surface area contributed by atoms with Gasteiger partial charge in [0.05, 0.1) is 6.10 Å². The van der Waals surface area contributed by atoms with Gasteiger partial charge in [0.1, 0.15) is 0 Å². The minimum absolute atomic E-state index is 0.198. The number of β-amino-alcohol motifs (C(OH)–C–C–N with tert-alkyl or cyclic N) is 1. The first-order valence-electron chi connectivity index (χ1n) is 6.40. The summed E-state index contributed by atoms with van der Waals surface area (Å²) in [6, 6.07) is 0. The molecule has 1 heterocycles. The molecule has 1 aliphatic carbocycles. The van der Waals surface area contributed by atoms with Crippen molar-refractivity contribution in [2.75, 3.05) is 39.0 Å². The Kier molecular flexibility index (Phi) is 4.53. The highest BCUT2D eigenvalue weighted by Crippen LogP contribution is 2.46. The van der Waals surface area contributed by atoms with Crippen molar-refractivity contribution in [3.05, 3.63) is 0 Å². The van der Waals surface area contributed by atoms with E-state index in [0.29, 0.717) is 4.75 Å². The molecule has 4 heteroatoms. The molecule has 94 valence electrons. The normalized spacial score (nSPS) is 25.9. The number of likely N-dealkylation sites (tertiary alicyclic amines) is 1. The fourth-order valence-corrected chi connectivity index (χ4v) is 3.14. The first kappa shape index (κ1) is 12.7. The minimum Gasteiger partial charge on any atom is -0.390 e. The van der Waals surface area contributed by atoms with Gasteiger partial charge in [0.15, 0.2) is 0 Å². The molecule has 2 N–H and O–H groups in total. The van der Waals surface area contributed by atoms with Crippen molar-refractivity contribution in [2.24, 2.45) is 0 Å². The van der Waals surface area contributed by atoms with Gasteiger partial charge >= 0.3 is 0 Å². The first-order chi connectivity index (χ1) is 7.74. The predicted molar refractivity (Wildman–Crippen MR) is 70.0 cm³/mol. The lowest BCUT2D eigenvalue weighted by Crippen LogP contribution is -2.39. The molecule has 1 aliphatic heterocycles. The van der Waals surface area contributed by atoms with Crippen LogP contribution >= 0.6 is 11.8 Å². The molecule has 2 rings (SSSR count). The van der Waals surface area contributed by atoms with Crippen LogP contribution in [0.1, 0.15) is 25.7 Å². The molecule has 0 aromatic rings. The summed E-state index contributed by atoms with van der Waals surface area (Å²) in [5, 5.41) is 13.3. The van der Waals surface area contributed by atoms with Crippen molar-refractivity contribution < 1.29 is 5.11 Å². The van der Waals surface area contributed by atoms with Crippen molar-refractivity contribution in [1.82, 2.24) is 10.2 Å². The summed E-state index contributed by atoms with van der Waals surface area (Å²) in [6.45, 7) is 5.00. The third-order valence-corrected chi connectivity index (χ3v) is 5.15. The standard InChI is InChI=1S/C12H24N2OS/c1-16-12(4-5-12)10-13-8-11(15)9-14-6-2-3-7-14/h11,13,15H,2-10H2,1H3. The van der Waals surface area contributed by atoms with Crippen LogP contribution < -0.4 is 5.32 Å². The first-order valence-corrected chi connectivity index (χ1v) is 7.63. The van der Waals surface area contributed by atoms with E-state index >= 15 is 0 Å². The number of aliphatic hydroxyl groups excluding tert-OH is 1. The third kappa shape index (κ3) is 3.62. The number of thioether (sulfide) groups is 1. The highest BCUT2D eigenvalue weighted by Gasteiger charge is 2.41. The van der Waals surface area contributed by atoms with Crippen molar-refractivity contribution >= 4 is 11.8 Å². The van der Waals surface area contributed by atoms with Gasteiger partial charge in [-0.15, -0.1) is 0 Å². The number of hydrogen-bond acceptors (Lipinski definition) is 4. The van der Waals surface area contributed by atoms with Crippen LogP contribution in [-0.2, 0) is 0 Å². The maximum atomic E-state index is 9.89. The maximum Gasteiger partial charge on any atom is 0.0791 e. The molecule has 0 amide bonds. The van der Waals surface area contributed by atoms with Crippen LogP contribution in [0.2, 0.25) is 0 Å². The molecule has 0 radical (unpaired) electrons. The Balaban J connectivity index is 1.55. The van der Waals surface area contributed by atoms with Crippen molar-refractivity contribution in [3.63, 3.8) is 0 Å². The third-order valence-electron chi connectivity index (χ3n) is 3.74. The highest BCUT2D eigenvalue weighted by atomic mass is 32.2. The Hall–Kier alpha value is 0.230. The number of hydrogen-bond donors (Lipinski definition) is 2. The fourth-order valence-electron chi connectivity index (χ4n) is 2.39. The quantitative estimate of drug-likeness (QED) is 0.698. The van der Waals surface area contributed by atoms with Gasteiger partial charge in [0, 0.05) is 24.4 Å². The van der Waals surface area contributed by atoms with Gasteiger partial charge in [-0.05, 0) is 45.0 Å². The average molecular weight is 244 g/mol. The molecule has 3 nitrogen and oxygen atoms in total. The van der Waals surface area contributed by atoms with Crippen molar-refractivity contribution in [3.8, 4) is 0 Å². The van der Waals surface area contributed by atoms with Crippen LogP contribution in [0.25, 0.3) is 0 Å². The summed E-state index contributed by atoms with van der Waals surface area (Å²) in [4.78, 5) is 2.37. The Labute approximate surface area is 103 Å². The van der Waals surface area contributed by atoms with Crippen LogP contribution in [0.4, 0.5) is 0 Å². The summed E-state index contributed by atoms with van der Waals surface area (Å²) in [5.74, 6) is 0. The Morgan fingerprint density at radius 1 is 1.38 bits per heavy atom. The van der Waals surface area contributed by atoms with E-state index in [-0.39, 0.29) is 6.10 Å². The lowest BCUT2D eigenvalue weighted by atomic mass is 10.3. The van der Waals surface area contributed by atoms with Crippen LogP contribution in [0, 0.1) is 0 Å². The minimum atomic E-state index is -0.198. The van der Waals surface area contributed by atoms with Gasteiger partial charge in [-0.1, -0.05) is 0 Å². The Bertz CT molecular complexity index is 215. The second-order valence-electron chi connectivity index (χ2n) is 5.18. The summed E-state index contributed by atoms with van der Waals surface area (Å²) < 4.78 is 0.507. The number of rotatable bonds is 7. The Morgan fingerprint density at radius 2 is 2.06 bits per heavy atom. The number of aliphatic hydroxyl groups is 1. The van der Waals surface area contributed by atoms with E-state index in [0.717, 1.165) is 19.6 Å². The molecule has 16 heavy (non-hydrogen) atoms. The van der Waals surface area contributed by atoms with E-state index < -0.39 is 0 Å². The lowest BCUT2D eigenvalue weighted by molar-refractivity contribution is 0.123. The summed E-state index contributed by atoms with van der Waals surface area (Å²) in [6.07, 6.45) is 7.27. The molecule has 0 spiro atoms. The zero-order valence-electron chi connectivity index (χ0n) is 10.2. The van der Waals surface area contributed by atoms with Gasteiger partial charge in [-0.3, -0.25) is 0 Å².